The number of carboxylic acid groups (broad SMARTS) is 1. The molecule has 5 nitrogen and oxygen atoms in total. The number of carbonyl (C=O) groups excluding carboxylic acids is 2. The molecule has 0 spiro atoms. The summed E-state index contributed by atoms with van der Waals surface area (Å²) in [5.41, 5.74) is 1.59. The van der Waals surface area contributed by atoms with Gasteiger partial charge in [-0.15, -0.1) is 11.3 Å². The van der Waals surface area contributed by atoms with Gasteiger partial charge >= 0.3 is 0 Å². The molecule has 1 atom stereocenters. The number of nitrogens with zero attached hydrogens (tertiary/aromatic N) is 1. The molecule has 1 aliphatic carbocycles. The third-order valence-electron chi connectivity index (χ3n) is 3.43. The maximum Gasteiger partial charge on any atom is 0.225 e. The maximum absolute atomic E-state index is 11.7. The number of carboxylic acids is 1. The number of rotatable bonds is 4. The molecule has 0 unspecified atom stereocenters. The van der Waals surface area contributed by atoms with Crippen molar-refractivity contribution in [3.05, 3.63) is 16.0 Å². The monoisotopic (exact) mass is 291 g/mol. The average molecular weight is 291 g/mol. The normalized spacial score (nSPS) is 17.1. The first-order valence-electron chi connectivity index (χ1n) is 6.55. The highest BCUT2D eigenvalue weighted by molar-refractivity contribution is 7.16. The molecular formula is C14H15N2O3S-. The number of fused-ring (bicyclic) bond motifs is 1. The Morgan fingerprint density at radius 3 is 2.90 bits per heavy atom. The summed E-state index contributed by atoms with van der Waals surface area (Å²) in [5.74, 6) is -1.09. The second-order valence-electron chi connectivity index (χ2n) is 5.09. The van der Waals surface area contributed by atoms with E-state index >= 15 is 0 Å². The molecular weight excluding hydrogens is 276 g/mol. The van der Waals surface area contributed by atoms with Crippen LogP contribution in [0.5, 0.6) is 0 Å². The lowest BCUT2D eigenvalue weighted by Crippen LogP contribution is -2.24. The summed E-state index contributed by atoms with van der Waals surface area (Å²) in [6.45, 7) is 2.15. The Hall–Kier alpha value is -1.87. The first-order valence-corrected chi connectivity index (χ1v) is 7.37. The van der Waals surface area contributed by atoms with Crippen LogP contribution in [0.2, 0.25) is 0 Å². The van der Waals surface area contributed by atoms with Crippen LogP contribution >= 0.6 is 11.3 Å². The Balaban J connectivity index is 2.15. The molecule has 1 amide bonds. The van der Waals surface area contributed by atoms with Gasteiger partial charge in [0, 0.05) is 17.3 Å². The van der Waals surface area contributed by atoms with E-state index in [-0.39, 0.29) is 12.8 Å². The first kappa shape index (κ1) is 14.5. The molecule has 2 rings (SSSR count). The molecule has 0 fully saturated rings. The highest BCUT2D eigenvalue weighted by atomic mass is 32.1. The van der Waals surface area contributed by atoms with E-state index in [0.717, 1.165) is 29.7 Å². The van der Waals surface area contributed by atoms with E-state index in [1.54, 1.807) is 0 Å². The summed E-state index contributed by atoms with van der Waals surface area (Å²) < 4.78 is 0. The molecule has 0 saturated heterocycles. The van der Waals surface area contributed by atoms with Crippen molar-refractivity contribution in [2.24, 2.45) is 5.92 Å². The Morgan fingerprint density at radius 1 is 1.50 bits per heavy atom. The van der Waals surface area contributed by atoms with Crippen LogP contribution in [0.1, 0.15) is 42.2 Å². The zero-order chi connectivity index (χ0) is 14.7. The van der Waals surface area contributed by atoms with Crippen LogP contribution in [-0.2, 0) is 22.4 Å². The van der Waals surface area contributed by atoms with Crippen molar-refractivity contribution in [2.75, 3.05) is 5.32 Å². The third kappa shape index (κ3) is 3.17. The predicted octanol–water partition coefficient (Wildman–Crippen LogP) is 1.21. The fraction of sp³-hybridized carbons (Fsp3) is 0.500. The Morgan fingerprint density at radius 2 is 2.25 bits per heavy atom. The van der Waals surface area contributed by atoms with Crippen LogP contribution in [0.3, 0.4) is 0 Å². The molecule has 6 heteroatoms. The molecule has 1 aromatic rings. The lowest BCUT2D eigenvalue weighted by atomic mass is 9.88. The molecule has 20 heavy (non-hydrogen) atoms. The number of nitrogens with one attached hydrogen (secondary N) is 1. The van der Waals surface area contributed by atoms with E-state index < -0.39 is 11.9 Å². The van der Waals surface area contributed by atoms with Crippen molar-refractivity contribution in [3.8, 4) is 6.07 Å². The highest BCUT2D eigenvalue weighted by Crippen LogP contribution is 2.39. The van der Waals surface area contributed by atoms with Gasteiger partial charge in [0.25, 0.3) is 0 Å². The van der Waals surface area contributed by atoms with Gasteiger partial charge in [-0.05, 0) is 37.2 Å². The smallest absolute Gasteiger partial charge is 0.225 e. The maximum atomic E-state index is 11.7. The minimum atomic E-state index is -1.25. The van der Waals surface area contributed by atoms with E-state index in [2.05, 4.69) is 18.3 Å². The lowest BCUT2D eigenvalue weighted by Gasteiger charge is -2.17. The van der Waals surface area contributed by atoms with Gasteiger partial charge in [-0.25, -0.2) is 0 Å². The summed E-state index contributed by atoms with van der Waals surface area (Å²) in [5, 5.41) is 22.8. The Bertz CT molecular complexity index is 586. The zero-order valence-corrected chi connectivity index (χ0v) is 12.0. The molecule has 1 aliphatic rings. The van der Waals surface area contributed by atoms with Crippen molar-refractivity contribution in [2.45, 2.75) is 39.0 Å². The second kappa shape index (κ2) is 6.06. The minimum Gasteiger partial charge on any atom is -0.550 e. The number of carbonyl (C=O) groups is 2. The van der Waals surface area contributed by atoms with Crippen LogP contribution in [0.25, 0.3) is 0 Å². The van der Waals surface area contributed by atoms with E-state index in [4.69, 9.17) is 0 Å². The summed E-state index contributed by atoms with van der Waals surface area (Å²) >= 11 is 1.43. The van der Waals surface area contributed by atoms with E-state index in [1.165, 1.54) is 11.3 Å². The van der Waals surface area contributed by atoms with Crippen molar-refractivity contribution >= 4 is 28.2 Å². The van der Waals surface area contributed by atoms with Gasteiger partial charge in [-0.1, -0.05) is 6.92 Å². The molecule has 0 bridgehead atoms. The van der Waals surface area contributed by atoms with E-state index in [1.807, 2.05) is 0 Å². The van der Waals surface area contributed by atoms with Gasteiger partial charge in [0.05, 0.1) is 5.56 Å². The van der Waals surface area contributed by atoms with E-state index in [0.29, 0.717) is 16.5 Å². The predicted molar refractivity (Wildman–Crippen MR) is 73.1 cm³/mol. The standard InChI is InChI=1S/C14H16N2O3S/c1-8-2-3-11-9(6-8)10(7-15)14(20-11)16-12(17)4-5-13(18)19/h8H,2-6H2,1H3,(H,16,17)(H,18,19)/p-1/t8-/m0/s1. The number of thiophene rings is 1. The van der Waals surface area contributed by atoms with Crippen molar-refractivity contribution in [1.29, 1.82) is 5.26 Å². The number of amides is 1. The number of hydrogen-bond acceptors (Lipinski definition) is 5. The molecule has 1 aromatic heterocycles. The molecule has 1 N–H and O–H groups in total. The van der Waals surface area contributed by atoms with Crippen molar-refractivity contribution in [3.63, 3.8) is 0 Å². The Labute approximate surface area is 121 Å². The molecule has 0 aromatic carbocycles. The summed E-state index contributed by atoms with van der Waals surface area (Å²) in [6.07, 6.45) is 2.45. The Kier molecular flexibility index (Phi) is 4.40. The van der Waals surface area contributed by atoms with Crippen LogP contribution in [-0.4, -0.2) is 11.9 Å². The van der Waals surface area contributed by atoms with Crippen molar-refractivity contribution in [1.82, 2.24) is 0 Å². The largest absolute Gasteiger partial charge is 0.550 e. The van der Waals surface area contributed by atoms with Gasteiger partial charge in [-0.3, -0.25) is 4.79 Å². The fourth-order valence-electron chi connectivity index (χ4n) is 2.37. The minimum absolute atomic E-state index is 0.133. The molecule has 0 saturated carbocycles. The van der Waals surface area contributed by atoms with Crippen molar-refractivity contribution < 1.29 is 14.7 Å². The van der Waals surface area contributed by atoms with Gasteiger partial charge in [-0.2, -0.15) is 5.26 Å². The number of aryl methyl sites for hydroxylation is 1. The average Bonchev–Trinajstić information content (AvgIpc) is 2.72. The number of nitriles is 1. The molecule has 1 heterocycles. The summed E-state index contributed by atoms with van der Waals surface area (Å²) in [7, 11) is 0. The lowest BCUT2D eigenvalue weighted by molar-refractivity contribution is -0.305. The third-order valence-corrected chi connectivity index (χ3v) is 4.64. The number of anilines is 1. The fourth-order valence-corrected chi connectivity index (χ4v) is 3.58. The molecule has 0 aliphatic heterocycles. The topological polar surface area (TPSA) is 93.0 Å². The highest BCUT2D eigenvalue weighted by Gasteiger charge is 2.24. The van der Waals surface area contributed by atoms with Gasteiger partial charge in [0.1, 0.15) is 11.1 Å². The SMILES string of the molecule is C[C@H]1CCc2sc(NC(=O)CCC(=O)[O-])c(C#N)c2C1. The van der Waals surface area contributed by atoms with Crippen LogP contribution in [0.4, 0.5) is 5.00 Å². The molecule has 0 radical (unpaired) electrons. The van der Waals surface area contributed by atoms with E-state index in [9.17, 15) is 20.0 Å². The van der Waals surface area contributed by atoms with Gasteiger partial charge in [0.15, 0.2) is 0 Å². The molecule has 106 valence electrons. The summed E-state index contributed by atoms with van der Waals surface area (Å²) in [6, 6.07) is 2.16. The first-order chi connectivity index (χ1) is 9.51. The van der Waals surface area contributed by atoms with Crippen LogP contribution in [0, 0.1) is 17.2 Å². The number of hydrogen-bond donors (Lipinski definition) is 1. The zero-order valence-electron chi connectivity index (χ0n) is 11.2. The van der Waals surface area contributed by atoms with Crippen LogP contribution < -0.4 is 10.4 Å². The van der Waals surface area contributed by atoms with Gasteiger partial charge in [0.2, 0.25) is 5.91 Å². The second-order valence-corrected chi connectivity index (χ2v) is 6.19. The van der Waals surface area contributed by atoms with Gasteiger partial charge < -0.3 is 15.2 Å². The summed E-state index contributed by atoms with van der Waals surface area (Å²) in [4.78, 5) is 23.2. The number of aliphatic carboxylic acids is 1. The quantitative estimate of drug-likeness (QED) is 0.902. The van der Waals surface area contributed by atoms with Crippen LogP contribution in [0.15, 0.2) is 0 Å².